The third-order valence-corrected chi connectivity index (χ3v) is 8.90. The minimum Gasteiger partial charge on any atom is -0.367 e. The predicted molar refractivity (Wildman–Crippen MR) is 133 cm³/mol. The van der Waals surface area contributed by atoms with Crippen molar-refractivity contribution in [1.82, 2.24) is 9.80 Å². The summed E-state index contributed by atoms with van der Waals surface area (Å²) in [7, 11) is 0. The topological polar surface area (TPSA) is 101 Å². The van der Waals surface area contributed by atoms with E-state index in [-0.39, 0.29) is 24.9 Å². The van der Waals surface area contributed by atoms with E-state index >= 15 is 0 Å². The van der Waals surface area contributed by atoms with Crippen LogP contribution >= 0.6 is 11.3 Å². The van der Waals surface area contributed by atoms with Crippen molar-refractivity contribution in [3.05, 3.63) is 53.8 Å². The fourth-order valence-corrected chi connectivity index (χ4v) is 6.97. The Morgan fingerprint density at radius 1 is 1.03 bits per heavy atom. The van der Waals surface area contributed by atoms with Crippen LogP contribution < -0.4 is 5.73 Å². The van der Waals surface area contributed by atoms with Crippen LogP contribution in [-0.2, 0) is 14.4 Å². The van der Waals surface area contributed by atoms with Gasteiger partial charge in [-0.2, -0.15) is 0 Å². The van der Waals surface area contributed by atoms with E-state index in [4.69, 9.17) is 5.73 Å². The van der Waals surface area contributed by atoms with Crippen molar-refractivity contribution in [2.45, 2.75) is 56.5 Å². The number of thiophene rings is 1. The van der Waals surface area contributed by atoms with Gasteiger partial charge < -0.3 is 15.5 Å². The number of primary amides is 1. The van der Waals surface area contributed by atoms with Gasteiger partial charge in [-0.15, -0.1) is 11.3 Å². The Bertz CT molecular complexity index is 1140. The largest absolute Gasteiger partial charge is 0.367 e. The summed E-state index contributed by atoms with van der Waals surface area (Å²) in [5.74, 6) is -1.50. The second-order valence-electron chi connectivity index (χ2n) is 9.75. The molecule has 35 heavy (non-hydrogen) atoms. The van der Waals surface area contributed by atoms with Crippen LogP contribution in [0, 0.1) is 12.3 Å². The van der Waals surface area contributed by atoms with Gasteiger partial charge in [0.25, 0.3) is 11.8 Å². The number of fused-ring (bicyclic) bond motifs is 1. The van der Waals surface area contributed by atoms with Gasteiger partial charge in [0.1, 0.15) is 0 Å². The molecule has 0 bridgehead atoms. The molecule has 1 radical (unpaired) electrons. The van der Waals surface area contributed by atoms with Crippen LogP contribution in [0.5, 0.6) is 0 Å². The molecule has 2 aliphatic heterocycles. The van der Waals surface area contributed by atoms with Gasteiger partial charge in [-0.05, 0) is 36.5 Å². The number of Topliss-reactive ketones (excluding diaryl/α,β-unsaturated/α-hetero) is 1. The molecule has 8 heteroatoms. The highest BCUT2D eigenvalue weighted by Crippen LogP contribution is 2.41. The molecular weight excluding hydrogens is 462 g/mol. The zero-order valence-electron chi connectivity index (χ0n) is 19.7. The molecule has 3 aliphatic rings. The highest BCUT2D eigenvalue weighted by atomic mass is 32.1. The molecule has 1 aromatic heterocycles. The first kappa shape index (κ1) is 23.7. The number of hydrogen-bond acceptors (Lipinski definition) is 5. The summed E-state index contributed by atoms with van der Waals surface area (Å²) >= 11 is 1.35. The second-order valence-corrected chi connectivity index (χ2v) is 10.8. The molecular formula is C27H30N3O4S. The second kappa shape index (κ2) is 9.57. The number of rotatable bonds is 6. The van der Waals surface area contributed by atoms with Crippen molar-refractivity contribution in [2.75, 3.05) is 13.1 Å². The summed E-state index contributed by atoms with van der Waals surface area (Å²) in [5, 5.41) is 0. The lowest BCUT2D eigenvalue weighted by Crippen LogP contribution is -2.64. The van der Waals surface area contributed by atoms with Crippen LogP contribution in [-0.4, -0.2) is 58.0 Å². The highest BCUT2D eigenvalue weighted by molar-refractivity contribution is 7.17. The van der Waals surface area contributed by atoms with E-state index in [1.165, 1.54) is 40.4 Å². The van der Waals surface area contributed by atoms with Crippen molar-refractivity contribution in [3.8, 4) is 10.4 Å². The first-order valence-corrected chi connectivity index (χ1v) is 13.2. The predicted octanol–water partition coefficient (Wildman–Crippen LogP) is 3.44. The molecule has 2 unspecified atom stereocenters. The van der Waals surface area contributed by atoms with Gasteiger partial charge in [0.15, 0.2) is 5.78 Å². The molecule has 3 fully saturated rings. The number of benzene rings is 1. The van der Waals surface area contributed by atoms with Crippen LogP contribution in [0.25, 0.3) is 10.4 Å². The SMILES string of the molecule is NC(=O)C12C(=O)CN(C(=O)c3ccc(-c4ccccc4)s3)C1CCN2C(=O)[CH]CC1CCCCC1. The Balaban J connectivity index is 1.35. The number of carbonyl (C=O) groups excluding carboxylic acids is 4. The molecule has 7 nitrogen and oxygen atoms in total. The van der Waals surface area contributed by atoms with E-state index in [9.17, 15) is 19.2 Å². The maximum absolute atomic E-state index is 13.5. The van der Waals surface area contributed by atoms with Gasteiger partial charge in [0.05, 0.1) is 23.9 Å². The molecule has 1 saturated carbocycles. The van der Waals surface area contributed by atoms with Crippen LogP contribution in [0.4, 0.5) is 0 Å². The molecule has 2 atom stereocenters. The maximum atomic E-state index is 13.5. The van der Waals surface area contributed by atoms with Crippen LogP contribution in [0.3, 0.4) is 0 Å². The summed E-state index contributed by atoms with van der Waals surface area (Å²) in [4.78, 5) is 57.0. The lowest BCUT2D eigenvalue weighted by atomic mass is 9.85. The molecule has 3 heterocycles. The quantitative estimate of drug-likeness (QED) is 0.624. The first-order chi connectivity index (χ1) is 16.9. The average molecular weight is 493 g/mol. The van der Waals surface area contributed by atoms with Gasteiger partial charge >= 0.3 is 0 Å². The van der Waals surface area contributed by atoms with Gasteiger partial charge in [0.2, 0.25) is 11.4 Å². The molecule has 1 aromatic carbocycles. The number of hydrogen-bond donors (Lipinski definition) is 1. The minimum atomic E-state index is -1.78. The lowest BCUT2D eigenvalue weighted by molar-refractivity contribution is -0.148. The van der Waals surface area contributed by atoms with E-state index in [0.29, 0.717) is 23.6 Å². The van der Waals surface area contributed by atoms with Crippen LogP contribution in [0.15, 0.2) is 42.5 Å². The number of amides is 3. The third-order valence-electron chi connectivity index (χ3n) is 7.78. The zero-order valence-corrected chi connectivity index (χ0v) is 20.5. The molecule has 2 aromatic rings. The van der Waals surface area contributed by atoms with E-state index < -0.39 is 23.3 Å². The molecule has 5 rings (SSSR count). The van der Waals surface area contributed by atoms with Gasteiger partial charge in [-0.25, -0.2) is 0 Å². The summed E-state index contributed by atoms with van der Waals surface area (Å²) < 4.78 is 0. The summed E-state index contributed by atoms with van der Waals surface area (Å²) in [6.45, 7) is 0.000246. The Hall–Kier alpha value is -3.00. The molecule has 0 spiro atoms. The highest BCUT2D eigenvalue weighted by Gasteiger charge is 2.67. The Morgan fingerprint density at radius 3 is 2.49 bits per heavy atom. The van der Waals surface area contributed by atoms with Crippen molar-refractivity contribution in [3.63, 3.8) is 0 Å². The van der Waals surface area contributed by atoms with Crippen LogP contribution in [0.1, 0.15) is 54.6 Å². The van der Waals surface area contributed by atoms with E-state index in [1.54, 1.807) is 12.5 Å². The van der Waals surface area contributed by atoms with E-state index in [1.807, 2.05) is 36.4 Å². The number of likely N-dealkylation sites (tertiary alicyclic amines) is 2. The van der Waals surface area contributed by atoms with Crippen molar-refractivity contribution in [2.24, 2.45) is 11.7 Å². The monoisotopic (exact) mass is 492 g/mol. The number of carbonyl (C=O) groups is 4. The summed E-state index contributed by atoms with van der Waals surface area (Å²) in [6.07, 6.45) is 8.39. The number of nitrogens with zero attached hydrogens (tertiary/aromatic N) is 2. The maximum Gasteiger partial charge on any atom is 0.264 e. The molecule has 183 valence electrons. The van der Waals surface area contributed by atoms with Crippen molar-refractivity contribution < 1.29 is 19.2 Å². The van der Waals surface area contributed by atoms with E-state index in [0.717, 1.165) is 23.3 Å². The average Bonchev–Trinajstić information content (AvgIpc) is 3.59. The fraction of sp³-hybridized carbons (Fsp3) is 0.444. The number of ketones is 1. The molecule has 1 aliphatic carbocycles. The lowest BCUT2D eigenvalue weighted by Gasteiger charge is -2.34. The van der Waals surface area contributed by atoms with Gasteiger partial charge in [-0.1, -0.05) is 62.4 Å². The number of nitrogens with two attached hydrogens (primary N) is 1. The van der Waals surface area contributed by atoms with Crippen molar-refractivity contribution in [1.29, 1.82) is 0 Å². The summed E-state index contributed by atoms with van der Waals surface area (Å²) in [5.41, 5.74) is 5.03. The normalized spacial score (nSPS) is 24.6. The first-order valence-electron chi connectivity index (χ1n) is 12.4. The minimum absolute atomic E-state index is 0.225. The Morgan fingerprint density at radius 2 is 1.77 bits per heavy atom. The molecule has 2 N–H and O–H groups in total. The Kier molecular flexibility index (Phi) is 6.49. The molecule has 3 amide bonds. The van der Waals surface area contributed by atoms with E-state index in [2.05, 4.69) is 0 Å². The Labute approximate surface area is 209 Å². The third kappa shape index (κ3) is 4.07. The summed E-state index contributed by atoms with van der Waals surface area (Å²) in [6, 6.07) is 12.6. The fourth-order valence-electron chi connectivity index (χ4n) is 6.00. The van der Waals surface area contributed by atoms with Gasteiger partial charge in [-0.3, -0.25) is 19.2 Å². The van der Waals surface area contributed by atoms with Gasteiger partial charge in [0, 0.05) is 11.4 Å². The smallest absolute Gasteiger partial charge is 0.264 e. The van der Waals surface area contributed by atoms with Crippen molar-refractivity contribution >= 4 is 34.8 Å². The zero-order chi connectivity index (χ0) is 24.6. The van der Waals surface area contributed by atoms with Crippen LogP contribution in [0.2, 0.25) is 0 Å². The standard InChI is InChI=1S/C27H30N3O4S/c28-26(34)27-22(15-16-30(27)24(32)14-11-18-7-3-1-4-8-18)29(17-23(27)31)25(33)21-13-12-20(35-21)19-9-5-2-6-10-19/h2,5-6,9-10,12-14,18,22H,1,3-4,7-8,11,15-17H2,(H2,28,34). The molecule has 2 saturated heterocycles.